The summed E-state index contributed by atoms with van der Waals surface area (Å²) in [4.78, 5) is 11.3. The Bertz CT molecular complexity index is 751. The molecule has 1 unspecified atom stereocenters. The zero-order valence-corrected chi connectivity index (χ0v) is 15.9. The lowest BCUT2D eigenvalue weighted by atomic mass is 9.93. The second-order valence-corrected chi connectivity index (χ2v) is 7.40. The summed E-state index contributed by atoms with van der Waals surface area (Å²) < 4.78 is 2.85. The average molecular weight is 365 g/mol. The molecule has 1 atom stereocenters. The molecule has 136 valence electrons. The highest BCUT2D eigenvalue weighted by Gasteiger charge is 2.31. The van der Waals surface area contributed by atoms with Crippen molar-refractivity contribution in [3.8, 4) is 0 Å². The Morgan fingerprint density at radius 3 is 2.40 bits per heavy atom. The van der Waals surface area contributed by atoms with Gasteiger partial charge in [0.1, 0.15) is 17.9 Å². The number of rotatable bonds is 7. The predicted octanol–water partition coefficient (Wildman–Crippen LogP) is 4.04. The molecule has 0 amide bonds. The molecule has 0 saturated heterocycles. The van der Waals surface area contributed by atoms with E-state index in [1.807, 2.05) is 49.6 Å². The van der Waals surface area contributed by atoms with Crippen molar-refractivity contribution in [2.45, 2.75) is 53.0 Å². The first-order chi connectivity index (χ1) is 11.7. The quantitative estimate of drug-likeness (QED) is 0.595. The Kier molecular flexibility index (Phi) is 6.11. The second kappa shape index (κ2) is 7.91. The highest BCUT2D eigenvalue weighted by atomic mass is 35.5. The molecule has 6 heteroatoms. The van der Waals surface area contributed by atoms with E-state index in [0.29, 0.717) is 35.4 Å². The summed E-state index contributed by atoms with van der Waals surface area (Å²) in [7, 11) is 0. The molecule has 0 fully saturated rings. The van der Waals surface area contributed by atoms with Crippen molar-refractivity contribution in [2.75, 3.05) is 0 Å². The van der Waals surface area contributed by atoms with Crippen LogP contribution >= 0.6 is 11.6 Å². The van der Waals surface area contributed by atoms with Crippen LogP contribution in [0.3, 0.4) is 0 Å². The number of hydrogen-bond donors (Lipinski definition) is 1. The van der Waals surface area contributed by atoms with Crippen molar-refractivity contribution in [2.24, 2.45) is 5.92 Å². The lowest BCUT2D eigenvalue weighted by Crippen LogP contribution is -2.36. The number of aromatic nitrogens is 2. The molecular formula is C19H25ClN2O3. The van der Waals surface area contributed by atoms with Crippen molar-refractivity contribution < 1.29 is 14.6 Å². The minimum atomic E-state index is -0.889. The Labute approximate surface area is 153 Å². The molecule has 1 aromatic heterocycles. The number of benzene rings is 1. The zero-order chi connectivity index (χ0) is 18.7. The third-order valence-electron chi connectivity index (χ3n) is 4.51. The smallest absolute Gasteiger partial charge is 0.304 e. The summed E-state index contributed by atoms with van der Waals surface area (Å²) in [5.41, 5.74) is 2.49. The third-order valence-corrected chi connectivity index (χ3v) is 4.77. The van der Waals surface area contributed by atoms with E-state index in [-0.39, 0.29) is 12.3 Å². The van der Waals surface area contributed by atoms with Gasteiger partial charge in [-0.25, -0.2) is 9.30 Å². The van der Waals surface area contributed by atoms with E-state index in [9.17, 15) is 15.1 Å². The fraction of sp³-hybridized carbons (Fsp3) is 0.474. The molecule has 1 heterocycles. The first-order valence-electron chi connectivity index (χ1n) is 8.46. The van der Waals surface area contributed by atoms with Crippen molar-refractivity contribution in [3.05, 3.63) is 57.3 Å². The Hall–Kier alpha value is -2.01. The van der Waals surface area contributed by atoms with Gasteiger partial charge in [0, 0.05) is 18.9 Å². The predicted molar refractivity (Wildman–Crippen MR) is 97.9 cm³/mol. The molecule has 0 bridgehead atoms. The minimum absolute atomic E-state index is 0.0517. The third kappa shape index (κ3) is 4.54. The molecule has 0 radical (unpaired) electrons. The second-order valence-electron chi connectivity index (χ2n) is 6.96. The van der Waals surface area contributed by atoms with Crippen LogP contribution in [-0.4, -0.2) is 15.6 Å². The molecular weight excluding hydrogens is 340 g/mol. The fourth-order valence-corrected chi connectivity index (χ4v) is 3.34. The first-order valence-corrected chi connectivity index (χ1v) is 8.83. The van der Waals surface area contributed by atoms with Gasteiger partial charge >= 0.3 is 5.97 Å². The molecule has 25 heavy (non-hydrogen) atoms. The van der Waals surface area contributed by atoms with Gasteiger partial charge in [0.25, 0.3) is 5.82 Å². The van der Waals surface area contributed by atoms with Gasteiger partial charge < -0.3 is 10.3 Å². The summed E-state index contributed by atoms with van der Waals surface area (Å²) in [6, 6.07) is 7.47. The van der Waals surface area contributed by atoms with Crippen LogP contribution in [0.1, 0.15) is 55.4 Å². The van der Waals surface area contributed by atoms with Crippen molar-refractivity contribution in [3.63, 3.8) is 0 Å². The molecule has 2 rings (SSSR count). The van der Waals surface area contributed by atoms with Gasteiger partial charge in [0.15, 0.2) is 0 Å². The Balaban J connectivity index is 2.49. The largest absolute Gasteiger partial charge is 0.711 e. The standard InChI is InChI=1S/C19H25ClN2O3/c1-12(2)9-16(10-18(23)24)19-21(13(3)14(4)22(19)25)11-15-5-7-17(20)8-6-15/h5-8,12,16H,9-11H2,1-4H3,(H,23,24). The van der Waals surface area contributed by atoms with Gasteiger partial charge in [0.05, 0.1) is 12.3 Å². The summed E-state index contributed by atoms with van der Waals surface area (Å²) in [5, 5.41) is 22.7. The molecule has 0 spiro atoms. The number of carboxylic acids is 1. The van der Waals surface area contributed by atoms with Crippen molar-refractivity contribution in [1.82, 2.24) is 4.57 Å². The van der Waals surface area contributed by atoms with Gasteiger partial charge in [-0.3, -0.25) is 4.79 Å². The van der Waals surface area contributed by atoms with E-state index >= 15 is 0 Å². The summed E-state index contributed by atoms with van der Waals surface area (Å²) in [6.07, 6.45) is 0.599. The normalized spacial score (nSPS) is 12.6. The number of hydrogen-bond acceptors (Lipinski definition) is 2. The van der Waals surface area contributed by atoms with Crippen molar-refractivity contribution >= 4 is 17.6 Å². The molecule has 2 aromatic rings. The molecule has 0 saturated carbocycles. The molecule has 0 aliphatic rings. The van der Waals surface area contributed by atoms with Gasteiger partial charge in [-0.05, 0) is 30.0 Å². The van der Waals surface area contributed by atoms with Crippen LogP contribution < -0.4 is 4.73 Å². The molecule has 0 aliphatic carbocycles. The number of aliphatic carboxylic acids is 1. The van der Waals surface area contributed by atoms with Gasteiger partial charge in [0.2, 0.25) is 0 Å². The highest BCUT2D eigenvalue weighted by molar-refractivity contribution is 6.30. The van der Waals surface area contributed by atoms with Crippen LogP contribution in [0, 0.1) is 25.0 Å². The number of carboxylic acid groups (broad SMARTS) is 1. The number of imidazole rings is 1. The maximum Gasteiger partial charge on any atom is 0.304 e. The van der Waals surface area contributed by atoms with E-state index in [1.54, 1.807) is 6.92 Å². The number of carbonyl (C=O) groups is 1. The number of nitrogens with zero attached hydrogens (tertiary/aromatic N) is 2. The maximum atomic E-state index is 12.7. The summed E-state index contributed by atoms with van der Waals surface area (Å²) in [6.45, 7) is 8.27. The minimum Gasteiger partial charge on any atom is -0.711 e. The van der Waals surface area contributed by atoms with E-state index in [0.717, 1.165) is 16.0 Å². The van der Waals surface area contributed by atoms with E-state index in [1.165, 1.54) is 0 Å². The Morgan fingerprint density at radius 1 is 1.28 bits per heavy atom. The van der Waals surface area contributed by atoms with Crippen LogP contribution in [0.25, 0.3) is 0 Å². The number of halogens is 1. The molecule has 1 N–H and O–H groups in total. The summed E-state index contributed by atoms with van der Waals surface area (Å²) in [5.74, 6) is -0.389. The highest BCUT2D eigenvalue weighted by Crippen LogP contribution is 2.28. The van der Waals surface area contributed by atoms with E-state index < -0.39 is 5.97 Å². The SMILES string of the molecule is Cc1c(C)[n+]([O-])c(C(CC(=O)O)CC(C)C)n1Cc1ccc(Cl)cc1. The monoisotopic (exact) mass is 364 g/mol. The van der Waals surface area contributed by atoms with E-state index in [4.69, 9.17) is 11.6 Å². The van der Waals surface area contributed by atoms with Crippen LogP contribution in [0.4, 0.5) is 0 Å². The maximum absolute atomic E-state index is 12.7. The van der Waals surface area contributed by atoms with Crippen LogP contribution in [0.15, 0.2) is 24.3 Å². The lowest BCUT2D eigenvalue weighted by Gasteiger charge is -2.18. The molecule has 0 aliphatic heterocycles. The topological polar surface area (TPSA) is 69.2 Å². The summed E-state index contributed by atoms with van der Waals surface area (Å²) >= 11 is 5.95. The van der Waals surface area contributed by atoms with Crippen LogP contribution in [0.2, 0.25) is 5.02 Å². The fourth-order valence-electron chi connectivity index (χ4n) is 3.21. The van der Waals surface area contributed by atoms with Crippen molar-refractivity contribution in [1.29, 1.82) is 0 Å². The van der Waals surface area contributed by atoms with Gasteiger partial charge in [-0.15, -0.1) is 0 Å². The van der Waals surface area contributed by atoms with E-state index in [2.05, 4.69) is 0 Å². The van der Waals surface area contributed by atoms with Crippen LogP contribution in [0.5, 0.6) is 0 Å². The zero-order valence-electron chi connectivity index (χ0n) is 15.1. The first kappa shape index (κ1) is 19.3. The van der Waals surface area contributed by atoms with Crippen LogP contribution in [-0.2, 0) is 11.3 Å². The molecule has 5 nitrogen and oxygen atoms in total. The molecule has 1 aromatic carbocycles. The van der Waals surface area contributed by atoms with Gasteiger partial charge in [-0.1, -0.05) is 37.6 Å². The lowest BCUT2D eigenvalue weighted by molar-refractivity contribution is -0.622. The Morgan fingerprint density at radius 2 is 1.88 bits per heavy atom. The average Bonchev–Trinajstić information content (AvgIpc) is 2.72. The van der Waals surface area contributed by atoms with Gasteiger partial charge in [-0.2, -0.15) is 0 Å².